The normalized spacial score (nSPS) is 9.25. The maximum Gasteiger partial charge on any atom is 0.160 e. The molecule has 12 heavy (non-hydrogen) atoms. The Bertz CT molecular complexity index is 337. The molecule has 0 spiro atoms. The fraction of sp³-hybridized carbons (Fsp3) is 0. The van der Waals surface area contributed by atoms with Crippen LogP contribution >= 0.6 is 35.4 Å². The molecule has 1 rings (SSSR count). The van der Waals surface area contributed by atoms with E-state index in [9.17, 15) is 4.39 Å². The first kappa shape index (κ1) is 9.62. The van der Waals surface area contributed by atoms with E-state index in [0.29, 0.717) is 5.69 Å². The first-order valence-electron chi connectivity index (χ1n) is 2.87. The van der Waals surface area contributed by atoms with Gasteiger partial charge in [-0.3, -0.25) is 0 Å². The molecular formula is C7H2Cl2FNS. The van der Waals surface area contributed by atoms with Crippen molar-refractivity contribution in [1.29, 1.82) is 0 Å². The SMILES string of the molecule is Fc1c(Cl)cc(N=C=S)cc1Cl. The lowest BCUT2D eigenvalue weighted by atomic mass is 10.3. The third-order valence-electron chi connectivity index (χ3n) is 1.14. The zero-order valence-corrected chi connectivity index (χ0v) is 7.97. The number of benzene rings is 1. The van der Waals surface area contributed by atoms with Crippen molar-refractivity contribution in [3.05, 3.63) is 28.0 Å². The molecule has 0 amide bonds. The summed E-state index contributed by atoms with van der Waals surface area (Å²) in [5.74, 6) is -0.651. The predicted octanol–water partition coefficient (Wildman–Crippen LogP) is 3.87. The van der Waals surface area contributed by atoms with Gasteiger partial charge in [-0.15, -0.1) is 0 Å². The summed E-state index contributed by atoms with van der Waals surface area (Å²) in [6.45, 7) is 0. The molecule has 1 aromatic carbocycles. The fourth-order valence-corrected chi connectivity index (χ4v) is 1.24. The summed E-state index contributed by atoms with van der Waals surface area (Å²) in [5.41, 5.74) is 0.390. The molecule has 1 aromatic rings. The van der Waals surface area contributed by atoms with Crippen LogP contribution in [0.1, 0.15) is 0 Å². The van der Waals surface area contributed by atoms with Crippen LogP contribution in [0.15, 0.2) is 17.1 Å². The highest BCUT2D eigenvalue weighted by molar-refractivity contribution is 7.78. The summed E-state index contributed by atoms with van der Waals surface area (Å²) in [5, 5.41) is 1.97. The number of rotatable bonds is 1. The Balaban J connectivity index is 3.30. The molecule has 0 N–H and O–H groups in total. The van der Waals surface area contributed by atoms with E-state index in [2.05, 4.69) is 22.4 Å². The summed E-state index contributed by atoms with van der Waals surface area (Å²) in [6, 6.07) is 2.64. The molecule has 0 bridgehead atoms. The first-order valence-corrected chi connectivity index (χ1v) is 4.04. The number of hydrogen-bond donors (Lipinski definition) is 0. The van der Waals surface area contributed by atoms with E-state index in [1.165, 1.54) is 12.1 Å². The summed E-state index contributed by atoms with van der Waals surface area (Å²) in [4.78, 5) is 3.60. The molecule has 0 saturated carbocycles. The molecule has 0 atom stereocenters. The average molecular weight is 222 g/mol. The highest BCUT2D eigenvalue weighted by Crippen LogP contribution is 2.28. The summed E-state index contributed by atoms with van der Waals surface area (Å²) in [7, 11) is 0. The Morgan fingerprint density at radius 3 is 2.25 bits per heavy atom. The van der Waals surface area contributed by atoms with E-state index in [0.717, 1.165) is 0 Å². The first-order chi connectivity index (χ1) is 5.65. The number of hydrogen-bond acceptors (Lipinski definition) is 2. The Morgan fingerprint density at radius 1 is 1.33 bits per heavy atom. The standard InChI is InChI=1S/C7H2Cl2FNS/c8-5-1-4(11-3-12)2-6(9)7(5)10/h1-2H. The molecular weight excluding hydrogens is 220 g/mol. The average Bonchev–Trinajstić information content (AvgIpc) is 2.01. The minimum absolute atomic E-state index is 0.0773. The Labute approximate surface area is 83.8 Å². The third-order valence-corrected chi connectivity index (χ3v) is 1.78. The number of thiocarbonyl (C=S) groups is 1. The molecule has 1 nitrogen and oxygen atoms in total. The van der Waals surface area contributed by atoms with E-state index in [-0.39, 0.29) is 10.0 Å². The monoisotopic (exact) mass is 221 g/mol. The van der Waals surface area contributed by atoms with Crippen LogP contribution in [0.2, 0.25) is 10.0 Å². The van der Waals surface area contributed by atoms with Crippen LogP contribution in [0.25, 0.3) is 0 Å². The highest BCUT2D eigenvalue weighted by atomic mass is 35.5. The van der Waals surface area contributed by atoms with Gasteiger partial charge in [-0.05, 0) is 24.4 Å². The van der Waals surface area contributed by atoms with Crippen LogP contribution in [-0.2, 0) is 0 Å². The number of aliphatic imine (C=N–C) groups is 1. The van der Waals surface area contributed by atoms with Gasteiger partial charge in [-0.1, -0.05) is 23.2 Å². The Kier molecular flexibility index (Phi) is 3.18. The van der Waals surface area contributed by atoms with Gasteiger partial charge in [0, 0.05) is 0 Å². The predicted molar refractivity (Wildman–Crippen MR) is 51.1 cm³/mol. The molecule has 0 aliphatic heterocycles. The molecule has 0 unspecified atom stereocenters. The second-order valence-electron chi connectivity index (χ2n) is 1.93. The molecule has 0 aromatic heterocycles. The van der Waals surface area contributed by atoms with Crippen LogP contribution < -0.4 is 0 Å². The largest absolute Gasteiger partial charge is 0.204 e. The van der Waals surface area contributed by atoms with Crippen molar-refractivity contribution in [2.24, 2.45) is 4.99 Å². The van der Waals surface area contributed by atoms with E-state index >= 15 is 0 Å². The lowest BCUT2D eigenvalue weighted by Crippen LogP contribution is -1.77. The molecule has 0 radical (unpaired) electrons. The van der Waals surface area contributed by atoms with Crippen LogP contribution in [0.5, 0.6) is 0 Å². The van der Waals surface area contributed by atoms with Gasteiger partial charge < -0.3 is 0 Å². The smallest absolute Gasteiger partial charge is 0.160 e. The van der Waals surface area contributed by atoms with Gasteiger partial charge in [0.2, 0.25) is 0 Å². The molecule has 0 aliphatic carbocycles. The minimum atomic E-state index is -0.651. The van der Waals surface area contributed by atoms with Crippen LogP contribution in [0.3, 0.4) is 0 Å². The number of nitrogens with zero attached hydrogens (tertiary/aromatic N) is 1. The van der Waals surface area contributed by atoms with Crippen LogP contribution in [0.4, 0.5) is 10.1 Å². The second kappa shape index (κ2) is 3.97. The van der Waals surface area contributed by atoms with Crippen molar-refractivity contribution in [2.75, 3.05) is 0 Å². The fourth-order valence-electron chi connectivity index (χ4n) is 0.659. The van der Waals surface area contributed by atoms with Crippen molar-refractivity contribution in [1.82, 2.24) is 0 Å². The van der Waals surface area contributed by atoms with Gasteiger partial charge in [0.15, 0.2) is 5.82 Å². The molecule has 0 aliphatic rings. The van der Waals surface area contributed by atoms with Crippen molar-refractivity contribution in [3.8, 4) is 0 Å². The van der Waals surface area contributed by atoms with Crippen LogP contribution in [0, 0.1) is 5.82 Å². The summed E-state index contributed by atoms with van der Waals surface area (Å²) in [6.07, 6.45) is 0. The van der Waals surface area contributed by atoms with Crippen molar-refractivity contribution in [3.63, 3.8) is 0 Å². The molecule has 0 saturated heterocycles. The number of halogens is 3. The second-order valence-corrected chi connectivity index (χ2v) is 2.92. The van der Waals surface area contributed by atoms with Crippen molar-refractivity contribution < 1.29 is 4.39 Å². The van der Waals surface area contributed by atoms with E-state index in [4.69, 9.17) is 23.2 Å². The van der Waals surface area contributed by atoms with Gasteiger partial charge in [0.25, 0.3) is 0 Å². The van der Waals surface area contributed by atoms with Crippen molar-refractivity contribution in [2.45, 2.75) is 0 Å². The topological polar surface area (TPSA) is 12.4 Å². The van der Waals surface area contributed by atoms with Crippen LogP contribution in [-0.4, -0.2) is 5.16 Å². The lowest BCUT2D eigenvalue weighted by Gasteiger charge is -1.97. The van der Waals surface area contributed by atoms with Gasteiger partial charge in [-0.25, -0.2) is 4.39 Å². The lowest BCUT2D eigenvalue weighted by molar-refractivity contribution is 0.629. The highest BCUT2D eigenvalue weighted by Gasteiger charge is 2.06. The molecule has 62 valence electrons. The zero-order chi connectivity index (χ0) is 9.14. The van der Waals surface area contributed by atoms with Gasteiger partial charge in [-0.2, -0.15) is 4.99 Å². The van der Waals surface area contributed by atoms with E-state index < -0.39 is 5.82 Å². The molecule has 5 heteroatoms. The van der Waals surface area contributed by atoms with Gasteiger partial charge in [0.1, 0.15) is 0 Å². The van der Waals surface area contributed by atoms with Crippen molar-refractivity contribution >= 4 is 46.3 Å². The zero-order valence-electron chi connectivity index (χ0n) is 5.64. The quantitative estimate of drug-likeness (QED) is 0.399. The Morgan fingerprint density at radius 2 is 1.83 bits per heavy atom. The summed E-state index contributed by atoms with van der Waals surface area (Å²) < 4.78 is 12.8. The maximum absolute atomic E-state index is 12.8. The molecule has 0 fully saturated rings. The van der Waals surface area contributed by atoms with Gasteiger partial charge in [0.05, 0.1) is 20.9 Å². The van der Waals surface area contributed by atoms with E-state index in [1.54, 1.807) is 0 Å². The summed E-state index contributed by atoms with van der Waals surface area (Å²) >= 11 is 15.3. The number of isothiocyanates is 1. The van der Waals surface area contributed by atoms with Gasteiger partial charge >= 0.3 is 0 Å². The third kappa shape index (κ3) is 2.02. The van der Waals surface area contributed by atoms with E-state index in [1.807, 2.05) is 0 Å². The molecule has 0 heterocycles. The Hall–Kier alpha value is -0.470. The maximum atomic E-state index is 12.8. The minimum Gasteiger partial charge on any atom is -0.204 e.